The molecule has 1 saturated heterocycles. The Hall–Kier alpha value is -2.40. The second kappa shape index (κ2) is 9.51. The van der Waals surface area contributed by atoms with Gasteiger partial charge in [-0.05, 0) is 23.3 Å². The molecule has 3 rings (SSSR count). The molecule has 1 fully saturated rings. The second-order valence-corrected chi connectivity index (χ2v) is 6.87. The zero-order valence-electron chi connectivity index (χ0n) is 15.3. The molecular formula is C16H22N6O4S. The van der Waals surface area contributed by atoms with Gasteiger partial charge in [0.15, 0.2) is 18.1 Å². The molecule has 1 unspecified atom stereocenters. The molecule has 10 nitrogen and oxygen atoms in total. The van der Waals surface area contributed by atoms with Crippen LogP contribution in [0.1, 0.15) is 18.5 Å². The summed E-state index contributed by atoms with van der Waals surface area (Å²) < 4.78 is 18.0. The van der Waals surface area contributed by atoms with Crippen LogP contribution in [0.15, 0.2) is 17.4 Å². The van der Waals surface area contributed by atoms with Gasteiger partial charge in [-0.3, -0.25) is 9.78 Å². The topological polar surface area (TPSA) is 113 Å². The number of carbonyl (C=O) groups excluding carboxylic acids is 1. The van der Waals surface area contributed by atoms with Gasteiger partial charge in [-0.1, -0.05) is 11.8 Å². The van der Waals surface area contributed by atoms with E-state index < -0.39 is 0 Å². The third-order valence-electron chi connectivity index (χ3n) is 3.95. The predicted molar refractivity (Wildman–Crippen MR) is 96.6 cm³/mol. The van der Waals surface area contributed by atoms with Crippen LogP contribution in [0.25, 0.3) is 0 Å². The molecule has 1 atom stereocenters. The number of carbonyl (C=O) groups is 1. The van der Waals surface area contributed by atoms with Crippen LogP contribution in [0.4, 0.5) is 0 Å². The van der Waals surface area contributed by atoms with Crippen molar-refractivity contribution in [3.05, 3.63) is 18.0 Å². The normalized spacial score (nSPS) is 16.3. The number of tetrazole rings is 1. The van der Waals surface area contributed by atoms with E-state index in [1.807, 2.05) is 0 Å². The SMILES string of the molecule is COc1cnc(CSc2nnnn2C)cc1OCC(=O)NCC1CCCO1. The molecule has 0 radical (unpaired) electrons. The number of methoxy groups -OCH3 is 1. The van der Waals surface area contributed by atoms with Crippen molar-refractivity contribution < 1.29 is 19.0 Å². The van der Waals surface area contributed by atoms with Gasteiger partial charge < -0.3 is 19.5 Å². The molecule has 3 heterocycles. The molecule has 0 bridgehead atoms. The van der Waals surface area contributed by atoms with Crippen LogP contribution in [-0.4, -0.2) is 64.1 Å². The molecule has 27 heavy (non-hydrogen) atoms. The maximum absolute atomic E-state index is 12.0. The number of hydrogen-bond acceptors (Lipinski definition) is 9. The van der Waals surface area contributed by atoms with E-state index in [1.165, 1.54) is 18.9 Å². The lowest BCUT2D eigenvalue weighted by molar-refractivity contribution is -0.123. The summed E-state index contributed by atoms with van der Waals surface area (Å²) in [6.45, 7) is 1.16. The quantitative estimate of drug-likeness (QED) is 0.610. The molecule has 11 heteroatoms. The van der Waals surface area contributed by atoms with Gasteiger partial charge in [-0.25, -0.2) is 4.68 Å². The van der Waals surface area contributed by atoms with Gasteiger partial charge in [-0.2, -0.15) is 0 Å². The summed E-state index contributed by atoms with van der Waals surface area (Å²) in [5.74, 6) is 1.28. The molecule has 1 N–H and O–H groups in total. The van der Waals surface area contributed by atoms with E-state index >= 15 is 0 Å². The Kier molecular flexibility index (Phi) is 6.82. The fraction of sp³-hybridized carbons (Fsp3) is 0.562. The molecule has 0 spiro atoms. The first kappa shape index (κ1) is 19.4. The Morgan fingerprint density at radius 1 is 1.48 bits per heavy atom. The van der Waals surface area contributed by atoms with Crippen LogP contribution in [0.3, 0.4) is 0 Å². The van der Waals surface area contributed by atoms with Gasteiger partial charge in [0.2, 0.25) is 5.16 Å². The molecule has 0 aromatic carbocycles. The second-order valence-electron chi connectivity index (χ2n) is 5.93. The highest BCUT2D eigenvalue weighted by Crippen LogP contribution is 2.28. The van der Waals surface area contributed by atoms with Gasteiger partial charge in [0.1, 0.15) is 0 Å². The van der Waals surface area contributed by atoms with Gasteiger partial charge in [0, 0.05) is 32.0 Å². The standard InChI is InChI=1S/C16H22N6O4S/c1-22-16(19-20-21-22)27-10-11-6-13(14(24-2)8-17-11)26-9-15(23)18-7-12-4-3-5-25-12/h6,8,12H,3-5,7,9-10H2,1-2H3,(H,18,23). The summed E-state index contributed by atoms with van der Waals surface area (Å²) in [6, 6.07) is 1.75. The van der Waals surface area contributed by atoms with Crippen LogP contribution < -0.4 is 14.8 Å². The maximum atomic E-state index is 12.0. The lowest BCUT2D eigenvalue weighted by atomic mass is 10.2. The van der Waals surface area contributed by atoms with E-state index in [0.717, 1.165) is 25.1 Å². The Morgan fingerprint density at radius 3 is 3.07 bits per heavy atom. The Bertz CT molecular complexity index is 765. The summed E-state index contributed by atoms with van der Waals surface area (Å²) in [4.78, 5) is 16.3. The van der Waals surface area contributed by atoms with E-state index in [1.54, 1.807) is 24.0 Å². The number of ether oxygens (including phenoxy) is 3. The summed E-state index contributed by atoms with van der Waals surface area (Å²) in [5, 5.41) is 14.8. The highest BCUT2D eigenvalue weighted by molar-refractivity contribution is 7.98. The van der Waals surface area contributed by atoms with E-state index in [-0.39, 0.29) is 18.6 Å². The number of aromatic nitrogens is 5. The van der Waals surface area contributed by atoms with Crippen LogP contribution >= 0.6 is 11.8 Å². The number of rotatable bonds is 9. The molecule has 2 aromatic rings. The minimum atomic E-state index is -0.203. The van der Waals surface area contributed by atoms with Crippen molar-refractivity contribution in [2.45, 2.75) is 29.9 Å². The minimum absolute atomic E-state index is 0.100. The van der Waals surface area contributed by atoms with E-state index in [9.17, 15) is 4.79 Å². The highest BCUT2D eigenvalue weighted by Gasteiger charge is 2.17. The van der Waals surface area contributed by atoms with E-state index in [4.69, 9.17) is 14.2 Å². The zero-order valence-corrected chi connectivity index (χ0v) is 16.1. The molecule has 1 amide bonds. The third-order valence-corrected chi connectivity index (χ3v) is 4.99. The fourth-order valence-corrected chi connectivity index (χ4v) is 3.27. The van der Waals surface area contributed by atoms with Gasteiger partial charge in [-0.15, -0.1) is 5.10 Å². The van der Waals surface area contributed by atoms with Crippen LogP contribution in [0.5, 0.6) is 11.5 Å². The molecule has 0 saturated carbocycles. The van der Waals surface area contributed by atoms with Crippen molar-refractivity contribution in [1.29, 1.82) is 0 Å². The number of nitrogens with zero attached hydrogens (tertiary/aromatic N) is 5. The monoisotopic (exact) mass is 394 g/mol. The average Bonchev–Trinajstić information content (AvgIpc) is 3.34. The number of hydrogen-bond donors (Lipinski definition) is 1. The first-order valence-corrected chi connectivity index (χ1v) is 9.53. The first-order valence-electron chi connectivity index (χ1n) is 8.55. The summed E-state index contributed by atoms with van der Waals surface area (Å²) >= 11 is 1.45. The largest absolute Gasteiger partial charge is 0.491 e. The van der Waals surface area contributed by atoms with Crippen molar-refractivity contribution in [2.24, 2.45) is 7.05 Å². The Morgan fingerprint density at radius 2 is 2.37 bits per heavy atom. The molecule has 1 aliphatic rings. The van der Waals surface area contributed by atoms with E-state index in [2.05, 4.69) is 25.8 Å². The van der Waals surface area contributed by atoms with Crippen molar-refractivity contribution in [3.8, 4) is 11.5 Å². The summed E-state index contributed by atoms with van der Waals surface area (Å²) in [7, 11) is 3.30. The molecule has 146 valence electrons. The van der Waals surface area contributed by atoms with Crippen molar-refractivity contribution >= 4 is 17.7 Å². The fourth-order valence-electron chi connectivity index (χ4n) is 2.52. The maximum Gasteiger partial charge on any atom is 0.258 e. The van der Waals surface area contributed by atoms with Crippen LogP contribution in [0, 0.1) is 0 Å². The number of thioether (sulfide) groups is 1. The lowest BCUT2D eigenvalue weighted by Gasteiger charge is -2.13. The Balaban J connectivity index is 1.53. The molecule has 2 aromatic heterocycles. The van der Waals surface area contributed by atoms with Gasteiger partial charge >= 0.3 is 0 Å². The van der Waals surface area contributed by atoms with E-state index in [0.29, 0.717) is 29.0 Å². The Labute approximate surface area is 161 Å². The first-order chi connectivity index (χ1) is 13.2. The number of pyridine rings is 1. The van der Waals surface area contributed by atoms with Crippen molar-refractivity contribution in [2.75, 3.05) is 26.9 Å². The average molecular weight is 394 g/mol. The lowest BCUT2D eigenvalue weighted by Crippen LogP contribution is -2.35. The van der Waals surface area contributed by atoms with Crippen LogP contribution in [0.2, 0.25) is 0 Å². The number of amides is 1. The predicted octanol–water partition coefficient (Wildman–Crippen LogP) is 0.580. The highest BCUT2D eigenvalue weighted by atomic mass is 32.2. The summed E-state index contributed by atoms with van der Waals surface area (Å²) in [5.41, 5.74) is 0.763. The zero-order chi connectivity index (χ0) is 19.1. The minimum Gasteiger partial charge on any atom is -0.491 e. The number of nitrogens with one attached hydrogen (secondary N) is 1. The molecule has 0 aliphatic carbocycles. The smallest absolute Gasteiger partial charge is 0.258 e. The van der Waals surface area contributed by atoms with Gasteiger partial charge in [0.25, 0.3) is 5.91 Å². The van der Waals surface area contributed by atoms with Crippen molar-refractivity contribution in [1.82, 2.24) is 30.5 Å². The number of aryl methyl sites for hydroxylation is 1. The van der Waals surface area contributed by atoms with Crippen LogP contribution in [-0.2, 0) is 22.3 Å². The summed E-state index contributed by atoms with van der Waals surface area (Å²) in [6.07, 6.45) is 3.69. The third kappa shape index (κ3) is 5.54. The van der Waals surface area contributed by atoms with Crippen molar-refractivity contribution in [3.63, 3.8) is 0 Å². The molecular weight excluding hydrogens is 372 g/mol. The van der Waals surface area contributed by atoms with Gasteiger partial charge in [0.05, 0.1) is 25.1 Å². The molecule has 1 aliphatic heterocycles.